The lowest BCUT2D eigenvalue weighted by molar-refractivity contribution is -0.130. The third-order valence-corrected chi connectivity index (χ3v) is 5.02. The molecule has 0 spiro atoms. The number of aryl methyl sites for hydroxylation is 1. The van der Waals surface area contributed by atoms with Crippen molar-refractivity contribution in [3.8, 4) is 0 Å². The standard InChI is InChI=1S/C22H23N3O4/c1-4-19(27)23-17-11-7-15(8-12-17)18(26)13-25-20(28)22(3,24-21(25)29)16-9-5-14(2)6-10-16/h5-12H,4,13H2,1-3H3,(H,23,27)(H,24,29)/t22-/m1/s1. The first-order valence-corrected chi connectivity index (χ1v) is 9.39. The van der Waals surface area contributed by atoms with E-state index in [0.29, 0.717) is 23.2 Å². The molecule has 0 unspecified atom stereocenters. The van der Waals surface area contributed by atoms with Gasteiger partial charge in [-0.1, -0.05) is 36.8 Å². The van der Waals surface area contributed by atoms with Crippen LogP contribution in [0, 0.1) is 6.92 Å². The molecule has 1 heterocycles. The summed E-state index contributed by atoms with van der Waals surface area (Å²) in [5.41, 5.74) is 1.42. The predicted molar refractivity (Wildman–Crippen MR) is 108 cm³/mol. The molecule has 1 aliphatic heterocycles. The van der Waals surface area contributed by atoms with Gasteiger partial charge in [0, 0.05) is 17.7 Å². The quantitative estimate of drug-likeness (QED) is 0.583. The van der Waals surface area contributed by atoms with Gasteiger partial charge >= 0.3 is 6.03 Å². The Bertz CT molecular complexity index is 967. The minimum atomic E-state index is -1.21. The van der Waals surface area contributed by atoms with E-state index in [1.165, 1.54) is 0 Å². The number of anilines is 1. The lowest BCUT2D eigenvalue weighted by Crippen LogP contribution is -2.41. The zero-order valence-corrected chi connectivity index (χ0v) is 16.6. The third-order valence-electron chi connectivity index (χ3n) is 5.02. The first kappa shape index (κ1) is 20.3. The maximum absolute atomic E-state index is 12.9. The van der Waals surface area contributed by atoms with Crippen LogP contribution in [-0.2, 0) is 15.1 Å². The van der Waals surface area contributed by atoms with Crippen molar-refractivity contribution in [1.29, 1.82) is 0 Å². The SMILES string of the molecule is CCC(=O)Nc1ccc(C(=O)CN2C(=O)N[C@](C)(c3ccc(C)cc3)C2=O)cc1. The Balaban J connectivity index is 1.73. The minimum absolute atomic E-state index is 0.126. The summed E-state index contributed by atoms with van der Waals surface area (Å²) in [5.74, 6) is -0.958. The van der Waals surface area contributed by atoms with Crippen LogP contribution >= 0.6 is 0 Å². The average Bonchev–Trinajstić information content (AvgIpc) is 2.92. The number of urea groups is 1. The van der Waals surface area contributed by atoms with E-state index in [2.05, 4.69) is 10.6 Å². The Kier molecular flexibility index (Phi) is 5.50. The largest absolute Gasteiger partial charge is 0.326 e. The second-order valence-corrected chi connectivity index (χ2v) is 7.21. The molecule has 1 aliphatic rings. The van der Waals surface area contributed by atoms with Crippen molar-refractivity contribution in [3.05, 3.63) is 65.2 Å². The van der Waals surface area contributed by atoms with Gasteiger partial charge in [0.05, 0.1) is 6.54 Å². The van der Waals surface area contributed by atoms with Crippen molar-refractivity contribution >= 4 is 29.3 Å². The van der Waals surface area contributed by atoms with Gasteiger partial charge in [-0.2, -0.15) is 0 Å². The number of amides is 4. The summed E-state index contributed by atoms with van der Waals surface area (Å²) in [6.45, 7) is 4.96. The van der Waals surface area contributed by atoms with Crippen LogP contribution in [0.2, 0.25) is 0 Å². The predicted octanol–water partition coefficient (Wildman–Crippen LogP) is 2.99. The van der Waals surface area contributed by atoms with Gasteiger partial charge in [-0.15, -0.1) is 0 Å². The summed E-state index contributed by atoms with van der Waals surface area (Å²) in [5, 5.41) is 5.40. The first-order valence-electron chi connectivity index (χ1n) is 9.39. The zero-order chi connectivity index (χ0) is 21.2. The maximum Gasteiger partial charge on any atom is 0.325 e. The molecule has 1 saturated heterocycles. The highest BCUT2D eigenvalue weighted by molar-refractivity contribution is 6.11. The molecular formula is C22H23N3O4. The van der Waals surface area contributed by atoms with Gasteiger partial charge in [-0.25, -0.2) is 4.79 Å². The molecule has 0 aliphatic carbocycles. The molecule has 4 amide bonds. The topological polar surface area (TPSA) is 95.6 Å². The summed E-state index contributed by atoms with van der Waals surface area (Å²) in [7, 11) is 0. The molecule has 0 aromatic heterocycles. The van der Waals surface area contributed by atoms with Crippen molar-refractivity contribution in [2.75, 3.05) is 11.9 Å². The fraction of sp³-hybridized carbons (Fsp3) is 0.273. The van der Waals surface area contributed by atoms with Crippen molar-refractivity contribution in [3.63, 3.8) is 0 Å². The van der Waals surface area contributed by atoms with E-state index in [4.69, 9.17) is 0 Å². The minimum Gasteiger partial charge on any atom is -0.326 e. The Hall–Kier alpha value is -3.48. The number of hydrogen-bond acceptors (Lipinski definition) is 4. The number of carbonyl (C=O) groups excluding carboxylic acids is 4. The smallest absolute Gasteiger partial charge is 0.325 e. The lowest BCUT2D eigenvalue weighted by Gasteiger charge is -2.22. The normalized spacial score (nSPS) is 18.5. The van der Waals surface area contributed by atoms with Crippen LogP contribution in [0.3, 0.4) is 0 Å². The van der Waals surface area contributed by atoms with E-state index in [9.17, 15) is 19.2 Å². The van der Waals surface area contributed by atoms with Crippen LogP contribution in [0.25, 0.3) is 0 Å². The van der Waals surface area contributed by atoms with Crippen molar-refractivity contribution in [2.45, 2.75) is 32.7 Å². The lowest BCUT2D eigenvalue weighted by atomic mass is 9.91. The third kappa shape index (κ3) is 4.03. The number of imide groups is 1. The molecule has 3 rings (SSSR count). The van der Waals surface area contributed by atoms with Crippen molar-refractivity contribution in [1.82, 2.24) is 10.2 Å². The summed E-state index contributed by atoms with van der Waals surface area (Å²) >= 11 is 0. The van der Waals surface area contributed by atoms with Crippen LogP contribution < -0.4 is 10.6 Å². The number of hydrogen-bond donors (Lipinski definition) is 2. The second-order valence-electron chi connectivity index (χ2n) is 7.21. The van der Waals surface area contributed by atoms with Crippen molar-refractivity contribution < 1.29 is 19.2 Å². The van der Waals surface area contributed by atoms with E-state index in [-0.39, 0.29) is 18.2 Å². The fourth-order valence-corrected chi connectivity index (χ4v) is 3.15. The molecule has 0 bridgehead atoms. The zero-order valence-electron chi connectivity index (χ0n) is 16.6. The summed E-state index contributed by atoms with van der Waals surface area (Å²) in [4.78, 5) is 50.3. The molecule has 1 atom stereocenters. The Morgan fingerprint density at radius 3 is 2.24 bits per heavy atom. The molecule has 7 heteroatoms. The van der Waals surface area contributed by atoms with Crippen LogP contribution in [0.5, 0.6) is 0 Å². The Labute approximate surface area is 169 Å². The summed E-state index contributed by atoms with van der Waals surface area (Å²) in [6.07, 6.45) is 0.354. The highest BCUT2D eigenvalue weighted by Crippen LogP contribution is 2.29. The Morgan fingerprint density at radius 2 is 1.66 bits per heavy atom. The highest BCUT2D eigenvalue weighted by Gasteiger charge is 2.49. The molecule has 1 fully saturated rings. The van der Waals surface area contributed by atoms with Gasteiger partial charge in [0.1, 0.15) is 5.54 Å². The van der Waals surface area contributed by atoms with Gasteiger partial charge in [0.15, 0.2) is 5.78 Å². The monoisotopic (exact) mass is 393 g/mol. The number of ketones is 1. The van der Waals surface area contributed by atoms with Crippen molar-refractivity contribution in [2.24, 2.45) is 0 Å². The van der Waals surface area contributed by atoms with E-state index < -0.39 is 17.5 Å². The summed E-state index contributed by atoms with van der Waals surface area (Å²) in [6, 6.07) is 13.1. The Morgan fingerprint density at radius 1 is 1.03 bits per heavy atom. The molecule has 2 N–H and O–H groups in total. The van der Waals surface area contributed by atoms with E-state index >= 15 is 0 Å². The van der Waals surface area contributed by atoms with Crippen LogP contribution in [0.4, 0.5) is 10.5 Å². The first-order chi connectivity index (χ1) is 13.7. The van der Waals surface area contributed by atoms with E-state index in [1.807, 2.05) is 19.1 Å². The van der Waals surface area contributed by atoms with Gasteiger partial charge in [0.25, 0.3) is 5.91 Å². The average molecular weight is 393 g/mol. The number of carbonyl (C=O) groups is 4. The van der Waals surface area contributed by atoms with Gasteiger partial charge in [-0.3, -0.25) is 19.3 Å². The molecule has 29 heavy (non-hydrogen) atoms. The molecule has 0 radical (unpaired) electrons. The number of rotatable bonds is 6. The fourth-order valence-electron chi connectivity index (χ4n) is 3.15. The molecule has 0 saturated carbocycles. The van der Waals surface area contributed by atoms with E-state index in [0.717, 1.165) is 10.5 Å². The summed E-state index contributed by atoms with van der Waals surface area (Å²) < 4.78 is 0. The second kappa shape index (κ2) is 7.87. The van der Waals surface area contributed by atoms with Gasteiger partial charge < -0.3 is 10.6 Å². The number of nitrogens with one attached hydrogen (secondary N) is 2. The molecule has 2 aromatic carbocycles. The number of benzene rings is 2. The maximum atomic E-state index is 12.9. The molecule has 150 valence electrons. The molecule has 7 nitrogen and oxygen atoms in total. The number of nitrogens with zero attached hydrogens (tertiary/aromatic N) is 1. The van der Waals surface area contributed by atoms with Crippen LogP contribution in [-0.4, -0.2) is 35.1 Å². The van der Waals surface area contributed by atoms with Gasteiger partial charge in [-0.05, 0) is 43.7 Å². The van der Waals surface area contributed by atoms with Crippen LogP contribution in [0.1, 0.15) is 41.8 Å². The highest BCUT2D eigenvalue weighted by atomic mass is 16.2. The van der Waals surface area contributed by atoms with Crippen LogP contribution in [0.15, 0.2) is 48.5 Å². The number of Topliss-reactive ketones (excluding diaryl/α,β-unsaturated/α-hetero) is 1. The molecular weight excluding hydrogens is 370 g/mol. The van der Waals surface area contributed by atoms with Gasteiger partial charge in [0.2, 0.25) is 5.91 Å². The molecule has 2 aromatic rings. The van der Waals surface area contributed by atoms with E-state index in [1.54, 1.807) is 50.2 Å².